The van der Waals surface area contributed by atoms with Gasteiger partial charge in [-0.3, -0.25) is 4.79 Å². The third kappa shape index (κ3) is 6.19. The van der Waals surface area contributed by atoms with E-state index >= 15 is 0 Å². The molecule has 0 atom stereocenters. The molecule has 1 fully saturated rings. The Morgan fingerprint density at radius 2 is 1.97 bits per heavy atom. The van der Waals surface area contributed by atoms with Crippen molar-refractivity contribution in [2.75, 3.05) is 13.1 Å². The highest BCUT2D eigenvalue weighted by Gasteiger charge is 2.27. The second-order valence-electron chi connectivity index (χ2n) is 8.11. The molecule has 0 bridgehead atoms. The number of aromatic nitrogens is 3. The topological polar surface area (TPSA) is 89.4 Å². The largest absolute Gasteiger partial charge is 0.444 e. The van der Waals surface area contributed by atoms with Crippen molar-refractivity contribution in [1.82, 2.24) is 25.0 Å². The predicted molar refractivity (Wildman–Crippen MR) is 109 cm³/mol. The van der Waals surface area contributed by atoms with Crippen LogP contribution in [0.25, 0.3) is 5.82 Å². The minimum Gasteiger partial charge on any atom is -0.444 e. The average Bonchev–Trinajstić information content (AvgIpc) is 3.08. The van der Waals surface area contributed by atoms with E-state index < -0.39 is 5.60 Å². The Balaban J connectivity index is 1.45. The molecule has 0 radical (unpaired) electrons. The Hall–Kier alpha value is -2.61. The Morgan fingerprint density at radius 3 is 2.52 bits per heavy atom. The zero-order chi connectivity index (χ0) is 21.0. The first-order chi connectivity index (χ1) is 13.7. The summed E-state index contributed by atoms with van der Waals surface area (Å²) in [6.45, 7) is 6.70. The van der Waals surface area contributed by atoms with E-state index in [-0.39, 0.29) is 24.5 Å². The molecule has 0 saturated carbocycles. The van der Waals surface area contributed by atoms with Crippen molar-refractivity contribution in [3.63, 3.8) is 0 Å². The second-order valence-corrected chi connectivity index (χ2v) is 8.55. The molecule has 1 aliphatic rings. The molecule has 1 saturated heterocycles. The highest BCUT2D eigenvalue weighted by molar-refractivity contribution is 6.30. The standard InChI is InChI=1S/C20H26ClN5O3/c1-20(2,3)29-19(28)25-8-6-16(7-9-25)24-18(27)10-14-4-5-17(22-11-14)26-13-15(21)12-23-26/h4-5,11-13,16H,6-10H2,1-3H3,(H,24,27). The van der Waals surface area contributed by atoms with E-state index in [9.17, 15) is 9.59 Å². The van der Waals surface area contributed by atoms with Crippen LogP contribution in [0.4, 0.5) is 4.79 Å². The molecule has 3 heterocycles. The van der Waals surface area contributed by atoms with Gasteiger partial charge in [0.2, 0.25) is 5.91 Å². The first-order valence-electron chi connectivity index (χ1n) is 9.62. The number of rotatable bonds is 4. The lowest BCUT2D eigenvalue weighted by atomic mass is 10.0. The van der Waals surface area contributed by atoms with Crippen LogP contribution in [0.15, 0.2) is 30.7 Å². The van der Waals surface area contributed by atoms with Crippen molar-refractivity contribution >= 4 is 23.6 Å². The summed E-state index contributed by atoms with van der Waals surface area (Å²) >= 11 is 5.86. The van der Waals surface area contributed by atoms with Crippen LogP contribution in [-0.2, 0) is 16.0 Å². The smallest absolute Gasteiger partial charge is 0.410 e. The Kier molecular flexibility index (Phi) is 6.42. The zero-order valence-corrected chi connectivity index (χ0v) is 17.6. The maximum atomic E-state index is 12.4. The molecule has 0 aliphatic carbocycles. The number of amides is 2. The van der Waals surface area contributed by atoms with Gasteiger partial charge in [-0.2, -0.15) is 5.10 Å². The molecule has 8 nitrogen and oxygen atoms in total. The van der Waals surface area contributed by atoms with Gasteiger partial charge in [-0.25, -0.2) is 14.5 Å². The summed E-state index contributed by atoms with van der Waals surface area (Å²) in [5, 5.41) is 7.68. The minimum atomic E-state index is -0.505. The van der Waals surface area contributed by atoms with Crippen LogP contribution in [0, 0.1) is 0 Å². The van der Waals surface area contributed by atoms with Crippen molar-refractivity contribution in [2.24, 2.45) is 0 Å². The number of hydrogen-bond acceptors (Lipinski definition) is 5. The van der Waals surface area contributed by atoms with Gasteiger partial charge < -0.3 is 15.0 Å². The fourth-order valence-corrected chi connectivity index (χ4v) is 3.22. The van der Waals surface area contributed by atoms with E-state index in [4.69, 9.17) is 16.3 Å². The maximum Gasteiger partial charge on any atom is 0.410 e. The van der Waals surface area contributed by atoms with Gasteiger partial charge in [-0.1, -0.05) is 17.7 Å². The molecule has 3 rings (SSSR count). The lowest BCUT2D eigenvalue weighted by molar-refractivity contribution is -0.121. The number of nitrogens with zero attached hydrogens (tertiary/aromatic N) is 4. The highest BCUT2D eigenvalue weighted by Crippen LogP contribution is 2.16. The van der Waals surface area contributed by atoms with Crippen molar-refractivity contribution in [3.8, 4) is 5.82 Å². The summed E-state index contributed by atoms with van der Waals surface area (Å²) in [4.78, 5) is 30.5. The van der Waals surface area contributed by atoms with Gasteiger partial charge in [0.1, 0.15) is 5.60 Å². The molecule has 0 spiro atoms. The lowest BCUT2D eigenvalue weighted by Gasteiger charge is -2.33. The van der Waals surface area contributed by atoms with Gasteiger partial charge in [0, 0.05) is 25.3 Å². The minimum absolute atomic E-state index is 0.0552. The third-order valence-electron chi connectivity index (χ3n) is 4.47. The van der Waals surface area contributed by atoms with E-state index in [0.717, 1.165) is 5.56 Å². The molecular weight excluding hydrogens is 394 g/mol. The Labute approximate surface area is 175 Å². The summed E-state index contributed by atoms with van der Waals surface area (Å²) in [5.74, 6) is 0.577. The van der Waals surface area contributed by atoms with Gasteiger partial charge >= 0.3 is 6.09 Å². The molecule has 2 aromatic rings. The molecule has 2 aromatic heterocycles. The van der Waals surface area contributed by atoms with Gasteiger partial charge in [0.15, 0.2) is 5.82 Å². The molecule has 29 heavy (non-hydrogen) atoms. The predicted octanol–water partition coefficient (Wildman–Crippen LogP) is 2.98. The van der Waals surface area contributed by atoms with E-state index in [0.29, 0.717) is 36.8 Å². The number of ether oxygens (including phenoxy) is 1. The number of nitrogens with one attached hydrogen (secondary N) is 1. The number of carbonyl (C=O) groups excluding carboxylic acids is 2. The monoisotopic (exact) mass is 419 g/mol. The van der Waals surface area contributed by atoms with Crippen molar-refractivity contribution < 1.29 is 14.3 Å². The van der Waals surface area contributed by atoms with Crippen LogP contribution in [0.2, 0.25) is 5.02 Å². The summed E-state index contributed by atoms with van der Waals surface area (Å²) in [6.07, 6.45) is 6.24. The highest BCUT2D eigenvalue weighted by atomic mass is 35.5. The molecule has 1 aliphatic heterocycles. The van der Waals surface area contributed by atoms with Crippen LogP contribution in [-0.4, -0.2) is 56.4 Å². The van der Waals surface area contributed by atoms with Crippen LogP contribution in [0.5, 0.6) is 0 Å². The normalized spacial score (nSPS) is 15.2. The first kappa shape index (κ1) is 21.1. The summed E-state index contributed by atoms with van der Waals surface area (Å²) in [6, 6.07) is 3.70. The molecular formula is C20H26ClN5O3. The zero-order valence-electron chi connectivity index (χ0n) is 16.9. The quantitative estimate of drug-likeness (QED) is 0.822. The van der Waals surface area contributed by atoms with E-state index in [1.807, 2.05) is 26.8 Å². The second kappa shape index (κ2) is 8.82. The number of likely N-dealkylation sites (tertiary alicyclic amines) is 1. The Morgan fingerprint density at radius 1 is 1.24 bits per heavy atom. The SMILES string of the molecule is CC(C)(C)OC(=O)N1CCC(NC(=O)Cc2ccc(-n3cc(Cl)cn3)nc2)CC1. The molecule has 156 valence electrons. The summed E-state index contributed by atoms with van der Waals surface area (Å²) in [5.41, 5.74) is 0.311. The molecule has 9 heteroatoms. The van der Waals surface area contributed by atoms with Crippen molar-refractivity contribution in [1.29, 1.82) is 0 Å². The molecule has 2 amide bonds. The van der Waals surface area contributed by atoms with Crippen molar-refractivity contribution in [2.45, 2.75) is 51.7 Å². The third-order valence-corrected chi connectivity index (χ3v) is 4.67. The number of pyridine rings is 1. The Bertz CT molecular complexity index is 852. The summed E-state index contributed by atoms with van der Waals surface area (Å²) in [7, 11) is 0. The van der Waals surface area contributed by atoms with Crippen LogP contribution < -0.4 is 5.32 Å². The number of hydrogen-bond donors (Lipinski definition) is 1. The number of carbonyl (C=O) groups is 2. The van der Waals surface area contributed by atoms with Crippen LogP contribution in [0.3, 0.4) is 0 Å². The lowest BCUT2D eigenvalue weighted by Crippen LogP contribution is -2.48. The van der Waals surface area contributed by atoms with E-state index in [2.05, 4.69) is 15.4 Å². The maximum absolute atomic E-state index is 12.4. The fourth-order valence-electron chi connectivity index (χ4n) is 3.08. The van der Waals surface area contributed by atoms with Gasteiger partial charge in [-0.15, -0.1) is 0 Å². The fraction of sp³-hybridized carbons (Fsp3) is 0.500. The molecule has 1 N–H and O–H groups in total. The van der Waals surface area contributed by atoms with Crippen LogP contribution >= 0.6 is 11.6 Å². The van der Waals surface area contributed by atoms with E-state index in [1.165, 1.54) is 0 Å². The molecule has 0 unspecified atom stereocenters. The molecule has 0 aromatic carbocycles. The first-order valence-corrected chi connectivity index (χ1v) is 10.0. The van der Waals surface area contributed by atoms with Gasteiger partial charge in [0.25, 0.3) is 0 Å². The number of halogens is 1. The van der Waals surface area contributed by atoms with Crippen LogP contribution in [0.1, 0.15) is 39.2 Å². The van der Waals surface area contributed by atoms with E-state index in [1.54, 1.807) is 34.2 Å². The van der Waals surface area contributed by atoms with Gasteiger partial charge in [0.05, 0.1) is 23.8 Å². The van der Waals surface area contributed by atoms with Crippen molar-refractivity contribution in [3.05, 3.63) is 41.3 Å². The summed E-state index contributed by atoms with van der Waals surface area (Å²) < 4.78 is 6.97. The number of piperidine rings is 1. The van der Waals surface area contributed by atoms with Gasteiger partial charge in [-0.05, 0) is 45.2 Å². The average molecular weight is 420 g/mol.